The smallest absolute Gasteiger partial charge is 0.478 e. The molecule has 1 heterocycles. The van der Waals surface area contributed by atoms with E-state index in [-0.39, 0.29) is 12.1 Å². The first-order valence-electron chi connectivity index (χ1n) is 5.69. The summed E-state index contributed by atoms with van der Waals surface area (Å²) in [7, 11) is 0. The van der Waals surface area contributed by atoms with E-state index in [0.29, 0.717) is 18.7 Å². The number of aromatic carboxylic acids is 1. The molecule has 0 amide bonds. The van der Waals surface area contributed by atoms with E-state index >= 15 is 0 Å². The normalized spacial score (nSPS) is 14.6. The van der Waals surface area contributed by atoms with E-state index in [1.807, 2.05) is 0 Å². The number of anilines is 1. The number of hydrogen-bond acceptors (Lipinski definition) is 3. The van der Waals surface area contributed by atoms with Crippen molar-refractivity contribution in [2.75, 3.05) is 24.6 Å². The zero-order valence-electron chi connectivity index (χ0n) is 9.91. The molecular formula is C12H12F3NO3. The van der Waals surface area contributed by atoms with Gasteiger partial charge in [-0.2, -0.15) is 0 Å². The lowest BCUT2D eigenvalue weighted by molar-refractivity contribution is -0.323. The Morgan fingerprint density at radius 2 is 2.16 bits per heavy atom. The Morgan fingerprint density at radius 3 is 2.79 bits per heavy atom. The molecule has 1 aliphatic rings. The first-order chi connectivity index (χ1) is 8.87. The number of alkyl halides is 3. The average Bonchev–Trinajstić information content (AvgIpc) is 2.70. The van der Waals surface area contributed by atoms with Gasteiger partial charge >= 0.3 is 12.3 Å². The highest BCUT2D eigenvalue weighted by Crippen LogP contribution is 2.29. The minimum Gasteiger partial charge on any atom is -0.478 e. The van der Waals surface area contributed by atoms with Crippen molar-refractivity contribution >= 4 is 11.7 Å². The van der Waals surface area contributed by atoms with Crippen LogP contribution in [0.2, 0.25) is 0 Å². The molecule has 7 heteroatoms. The number of hydrogen-bond donors (Lipinski definition) is 1. The van der Waals surface area contributed by atoms with E-state index in [4.69, 9.17) is 5.11 Å². The van der Waals surface area contributed by atoms with E-state index in [9.17, 15) is 18.0 Å². The van der Waals surface area contributed by atoms with Gasteiger partial charge in [0.25, 0.3) is 0 Å². The zero-order valence-corrected chi connectivity index (χ0v) is 9.91. The molecule has 1 aliphatic heterocycles. The summed E-state index contributed by atoms with van der Waals surface area (Å²) in [6.45, 7) is 0.176. The molecule has 1 aromatic rings. The first kappa shape index (κ1) is 13.7. The fraction of sp³-hybridized carbons (Fsp3) is 0.417. The third-order valence-corrected chi connectivity index (χ3v) is 2.95. The summed E-state index contributed by atoms with van der Waals surface area (Å²) in [6, 6.07) is 4.68. The summed E-state index contributed by atoms with van der Waals surface area (Å²) < 4.78 is 39.4. The van der Waals surface area contributed by atoms with Crippen molar-refractivity contribution in [1.82, 2.24) is 0 Å². The molecular weight excluding hydrogens is 263 g/mol. The molecule has 0 aliphatic carbocycles. The second-order valence-electron chi connectivity index (χ2n) is 4.18. The molecule has 0 aromatic heterocycles. The van der Waals surface area contributed by atoms with Crippen LogP contribution >= 0.6 is 0 Å². The van der Waals surface area contributed by atoms with Crippen LogP contribution in [0.15, 0.2) is 18.2 Å². The lowest BCUT2D eigenvalue weighted by Crippen LogP contribution is -2.28. The maximum atomic E-state index is 11.9. The molecule has 0 atom stereocenters. The van der Waals surface area contributed by atoms with Gasteiger partial charge in [0, 0.05) is 18.8 Å². The SMILES string of the molecule is O=C(O)c1ccc2c(c1)N(CCOC(F)(F)F)CC2. The van der Waals surface area contributed by atoms with Gasteiger partial charge in [0.1, 0.15) is 0 Å². The highest BCUT2D eigenvalue weighted by Gasteiger charge is 2.29. The van der Waals surface area contributed by atoms with Crippen LogP contribution in [0.25, 0.3) is 0 Å². The summed E-state index contributed by atoms with van der Waals surface area (Å²) in [5.74, 6) is -1.05. The van der Waals surface area contributed by atoms with Crippen LogP contribution in [-0.2, 0) is 11.2 Å². The van der Waals surface area contributed by atoms with Crippen molar-refractivity contribution in [1.29, 1.82) is 0 Å². The van der Waals surface area contributed by atoms with Gasteiger partial charge in [0.15, 0.2) is 0 Å². The number of halogens is 3. The molecule has 0 unspecified atom stereocenters. The van der Waals surface area contributed by atoms with Crippen LogP contribution in [-0.4, -0.2) is 37.1 Å². The third-order valence-electron chi connectivity index (χ3n) is 2.95. The van der Waals surface area contributed by atoms with Crippen molar-refractivity contribution in [3.8, 4) is 0 Å². The molecule has 1 N–H and O–H groups in total. The molecule has 0 saturated heterocycles. The van der Waals surface area contributed by atoms with Crippen LogP contribution in [0.5, 0.6) is 0 Å². The van der Waals surface area contributed by atoms with E-state index in [0.717, 1.165) is 5.56 Å². The Kier molecular flexibility index (Phi) is 3.66. The van der Waals surface area contributed by atoms with E-state index in [2.05, 4.69) is 4.74 Å². The summed E-state index contributed by atoms with van der Waals surface area (Å²) in [5, 5.41) is 8.89. The van der Waals surface area contributed by atoms with Gasteiger partial charge in [-0.15, -0.1) is 13.2 Å². The number of carbonyl (C=O) groups is 1. The predicted octanol–water partition coefficient (Wildman–Crippen LogP) is 2.28. The summed E-state index contributed by atoms with van der Waals surface area (Å²) in [5.41, 5.74) is 1.74. The standard InChI is InChI=1S/C12H12F3NO3/c13-12(14,15)19-6-5-16-4-3-8-1-2-9(11(17)18)7-10(8)16/h1-2,7H,3-6H2,(H,17,18). The van der Waals surface area contributed by atoms with Gasteiger partial charge in [-0.3, -0.25) is 4.74 Å². The maximum Gasteiger partial charge on any atom is 0.522 e. The predicted molar refractivity (Wildman–Crippen MR) is 61.3 cm³/mol. The summed E-state index contributed by atoms with van der Waals surface area (Å²) >= 11 is 0. The van der Waals surface area contributed by atoms with Crippen LogP contribution < -0.4 is 4.90 Å². The van der Waals surface area contributed by atoms with Crippen molar-refractivity contribution in [3.05, 3.63) is 29.3 Å². The van der Waals surface area contributed by atoms with Gasteiger partial charge < -0.3 is 10.0 Å². The molecule has 4 nitrogen and oxygen atoms in total. The fourth-order valence-corrected chi connectivity index (χ4v) is 2.08. The molecule has 2 rings (SSSR count). The second-order valence-corrected chi connectivity index (χ2v) is 4.18. The number of carboxylic acid groups (broad SMARTS) is 1. The molecule has 0 bridgehead atoms. The van der Waals surface area contributed by atoms with E-state index < -0.39 is 18.9 Å². The lowest BCUT2D eigenvalue weighted by Gasteiger charge is -2.20. The van der Waals surface area contributed by atoms with E-state index in [1.165, 1.54) is 12.1 Å². The number of carboxylic acids is 1. The molecule has 19 heavy (non-hydrogen) atoms. The summed E-state index contributed by atoms with van der Waals surface area (Å²) in [6.07, 6.45) is -3.94. The minimum absolute atomic E-state index is 0.0790. The first-order valence-corrected chi connectivity index (χ1v) is 5.69. The monoisotopic (exact) mass is 275 g/mol. The fourth-order valence-electron chi connectivity index (χ4n) is 2.08. The van der Waals surface area contributed by atoms with Crippen LogP contribution in [0.1, 0.15) is 15.9 Å². The summed E-state index contributed by atoms with van der Waals surface area (Å²) in [4.78, 5) is 12.6. The minimum atomic E-state index is -4.63. The van der Waals surface area contributed by atoms with Gasteiger partial charge in [-0.1, -0.05) is 6.07 Å². The van der Waals surface area contributed by atoms with Gasteiger partial charge in [-0.25, -0.2) is 4.79 Å². The molecule has 1 aromatic carbocycles. The second kappa shape index (κ2) is 5.08. The molecule has 104 valence electrons. The largest absolute Gasteiger partial charge is 0.522 e. The van der Waals surface area contributed by atoms with Crippen molar-refractivity contribution in [2.45, 2.75) is 12.8 Å². The Labute approximate surface area is 107 Å². The number of nitrogens with zero attached hydrogens (tertiary/aromatic N) is 1. The molecule has 0 radical (unpaired) electrons. The Bertz CT molecular complexity index is 488. The Hall–Kier alpha value is -1.76. The highest BCUT2D eigenvalue weighted by atomic mass is 19.4. The molecule has 0 fully saturated rings. The van der Waals surface area contributed by atoms with Crippen LogP contribution in [0, 0.1) is 0 Å². The van der Waals surface area contributed by atoms with Gasteiger partial charge in [-0.05, 0) is 24.1 Å². The molecule has 0 saturated carbocycles. The number of rotatable bonds is 4. The number of ether oxygens (including phenoxy) is 1. The average molecular weight is 275 g/mol. The van der Waals surface area contributed by atoms with E-state index in [1.54, 1.807) is 11.0 Å². The third kappa shape index (κ3) is 3.37. The Morgan fingerprint density at radius 1 is 1.42 bits per heavy atom. The number of fused-ring (bicyclic) bond motifs is 1. The van der Waals surface area contributed by atoms with Crippen molar-refractivity contribution in [2.24, 2.45) is 0 Å². The van der Waals surface area contributed by atoms with Crippen molar-refractivity contribution < 1.29 is 27.8 Å². The topological polar surface area (TPSA) is 49.8 Å². The Balaban J connectivity index is 2.04. The van der Waals surface area contributed by atoms with Gasteiger partial charge in [0.05, 0.1) is 12.2 Å². The van der Waals surface area contributed by atoms with Crippen LogP contribution in [0.3, 0.4) is 0 Å². The maximum absolute atomic E-state index is 11.9. The quantitative estimate of drug-likeness (QED) is 0.916. The van der Waals surface area contributed by atoms with Crippen LogP contribution in [0.4, 0.5) is 18.9 Å². The zero-order chi connectivity index (χ0) is 14.0. The van der Waals surface area contributed by atoms with Crippen molar-refractivity contribution in [3.63, 3.8) is 0 Å². The number of benzene rings is 1. The highest BCUT2D eigenvalue weighted by molar-refractivity contribution is 5.89. The molecule has 0 spiro atoms. The van der Waals surface area contributed by atoms with Gasteiger partial charge in [0.2, 0.25) is 0 Å². The lowest BCUT2D eigenvalue weighted by atomic mass is 10.1.